The van der Waals surface area contributed by atoms with Crippen LogP contribution in [0.15, 0.2) is 0 Å². The summed E-state index contributed by atoms with van der Waals surface area (Å²) in [5.41, 5.74) is 0. The Kier molecular flexibility index (Phi) is 5.25. The molecule has 1 aliphatic rings. The molecular formula is C11H20O4S. The van der Waals surface area contributed by atoms with Crippen LogP contribution < -0.4 is 0 Å². The summed E-state index contributed by atoms with van der Waals surface area (Å²) in [5.74, 6) is 0.423. The highest BCUT2D eigenvalue weighted by Crippen LogP contribution is 2.26. The molecule has 1 fully saturated rings. The number of hydrogen-bond donors (Lipinski definition) is 0. The van der Waals surface area contributed by atoms with Gasteiger partial charge in [-0.25, -0.2) is 8.42 Å². The molecule has 0 aromatic heterocycles. The van der Waals surface area contributed by atoms with E-state index in [0.29, 0.717) is 18.1 Å². The van der Waals surface area contributed by atoms with E-state index in [-0.39, 0.29) is 18.1 Å². The number of esters is 1. The van der Waals surface area contributed by atoms with Crippen molar-refractivity contribution in [2.24, 2.45) is 5.92 Å². The maximum atomic E-state index is 11.7. The number of carbonyl (C=O) groups excluding carboxylic acids is 1. The first-order valence-electron chi connectivity index (χ1n) is 5.81. The van der Waals surface area contributed by atoms with Crippen LogP contribution in [-0.4, -0.2) is 33.0 Å². The topological polar surface area (TPSA) is 60.4 Å². The van der Waals surface area contributed by atoms with Crippen molar-refractivity contribution in [1.82, 2.24) is 0 Å². The maximum Gasteiger partial charge on any atom is 0.305 e. The zero-order chi connectivity index (χ0) is 12.0. The van der Waals surface area contributed by atoms with Crippen LogP contribution in [-0.2, 0) is 19.4 Å². The Morgan fingerprint density at radius 1 is 1.31 bits per heavy atom. The minimum Gasteiger partial charge on any atom is -0.469 e. The summed E-state index contributed by atoms with van der Waals surface area (Å²) in [7, 11) is -1.66. The third kappa shape index (κ3) is 4.96. The largest absolute Gasteiger partial charge is 0.469 e. The van der Waals surface area contributed by atoms with Crippen LogP contribution in [0.3, 0.4) is 0 Å². The average Bonchev–Trinajstić information content (AvgIpc) is 2.69. The Bertz CT molecular complexity index is 315. The fourth-order valence-corrected chi connectivity index (χ4v) is 3.96. The van der Waals surface area contributed by atoms with Gasteiger partial charge in [-0.05, 0) is 25.2 Å². The molecule has 0 spiro atoms. The van der Waals surface area contributed by atoms with Crippen molar-refractivity contribution in [1.29, 1.82) is 0 Å². The van der Waals surface area contributed by atoms with Crippen LogP contribution in [0.25, 0.3) is 0 Å². The number of sulfone groups is 1. The monoisotopic (exact) mass is 248 g/mol. The number of methoxy groups -OCH3 is 1. The molecule has 0 bridgehead atoms. The molecule has 0 aromatic carbocycles. The lowest BCUT2D eigenvalue weighted by Crippen LogP contribution is -2.18. The number of hydrogen-bond acceptors (Lipinski definition) is 4. The number of carbonyl (C=O) groups is 1. The van der Waals surface area contributed by atoms with Gasteiger partial charge in [0.15, 0.2) is 9.84 Å². The molecule has 4 nitrogen and oxygen atoms in total. The Labute approximate surface area is 97.3 Å². The fourth-order valence-electron chi connectivity index (χ4n) is 2.16. The molecule has 1 aliphatic carbocycles. The van der Waals surface area contributed by atoms with Gasteiger partial charge in [-0.15, -0.1) is 0 Å². The first kappa shape index (κ1) is 13.5. The summed E-state index contributed by atoms with van der Waals surface area (Å²) < 4.78 is 27.9. The molecule has 0 heterocycles. The van der Waals surface area contributed by atoms with E-state index in [9.17, 15) is 13.2 Å². The van der Waals surface area contributed by atoms with Crippen LogP contribution in [0.4, 0.5) is 0 Å². The van der Waals surface area contributed by atoms with E-state index in [1.54, 1.807) is 0 Å². The van der Waals surface area contributed by atoms with Gasteiger partial charge in [0.2, 0.25) is 0 Å². The highest BCUT2D eigenvalue weighted by molar-refractivity contribution is 7.91. The van der Waals surface area contributed by atoms with Gasteiger partial charge in [-0.2, -0.15) is 0 Å². The van der Waals surface area contributed by atoms with E-state index in [1.807, 2.05) is 0 Å². The predicted molar refractivity (Wildman–Crippen MR) is 61.9 cm³/mol. The number of rotatable bonds is 6. The van der Waals surface area contributed by atoms with Crippen LogP contribution in [0, 0.1) is 5.92 Å². The Morgan fingerprint density at radius 3 is 2.50 bits per heavy atom. The Morgan fingerprint density at radius 2 is 1.94 bits per heavy atom. The highest BCUT2D eigenvalue weighted by Gasteiger charge is 2.22. The molecule has 0 radical (unpaired) electrons. The van der Waals surface area contributed by atoms with Crippen molar-refractivity contribution in [2.45, 2.75) is 38.5 Å². The molecule has 1 rings (SSSR count). The predicted octanol–water partition coefficient (Wildman–Crippen LogP) is 1.54. The molecule has 0 aromatic rings. The van der Waals surface area contributed by atoms with E-state index >= 15 is 0 Å². The smallest absolute Gasteiger partial charge is 0.305 e. The van der Waals surface area contributed by atoms with Gasteiger partial charge >= 0.3 is 5.97 Å². The lowest BCUT2D eigenvalue weighted by Gasteiger charge is -2.09. The SMILES string of the molecule is COC(=O)CCCS(=O)(=O)CC1CCCC1. The molecule has 5 heteroatoms. The van der Waals surface area contributed by atoms with Gasteiger partial charge in [-0.3, -0.25) is 4.79 Å². The summed E-state index contributed by atoms with van der Waals surface area (Å²) in [4.78, 5) is 10.8. The third-order valence-corrected chi connectivity index (χ3v) is 4.92. The molecular weight excluding hydrogens is 228 g/mol. The summed E-state index contributed by atoms with van der Waals surface area (Å²) in [5, 5.41) is 0. The zero-order valence-electron chi connectivity index (χ0n) is 9.78. The molecule has 16 heavy (non-hydrogen) atoms. The van der Waals surface area contributed by atoms with E-state index in [4.69, 9.17) is 0 Å². The van der Waals surface area contributed by atoms with Crippen molar-refractivity contribution >= 4 is 15.8 Å². The highest BCUT2D eigenvalue weighted by atomic mass is 32.2. The lowest BCUT2D eigenvalue weighted by molar-refractivity contribution is -0.140. The molecule has 0 N–H and O–H groups in total. The first-order chi connectivity index (χ1) is 7.53. The summed E-state index contributed by atoms with van der Waals surface area (Å²) in [6.45, 7) is 0. The molecule has 94 valence electrons. The number of ether oxygens (including phenoxy) is 1. The first-order valence-corrected chi connectivity index (χ1v) is 7.63. The van der Waals surface area contributed by atoms with Crippen LogP contribution in [0.5, 0.6) is 0 Å². The van der Waals surface area contributed by atoms with E-state index < -0.39 is 9.84 Å². The quantitative estimate of drug-likeness (QED) is 0.669. The van der Waals surface area contributed by atoms with E-state index in [2.05, 4.69) is 4.74 Å². The van der Waals surface area contributed by atoms with Gasteiger partial charge in [0.05, 0.1) is 18.6 Å². The minimum atomic E-state index is -2.98. The van der Waals surface area contributed by atoms with Gasteiger partial charge < -0.3 is 4.74 Å². The minimum absolute atomic E-state index is 0.110. The van der Waals surface area contributed by atoms with Crippen LogP contribution in [0.2, 0.25) is 0 Å². The standard InChI is InChI=1S/C11H20O4S/c1-15-11(12)7-4-8-16(13,14)9-10-5-2-3-6-10/h10H,2-9H2,1H3. The fraction of sp³-hybridized carbons (Fsp3) is 0.909. The third-order valence-electron chi connectivity index (χ3n) is 3.03. The van der Waals surface area contributed by atoms with Gasteiger partial charge in [0.25, 0.3) is 0 Å². The summed E-state index contributed by atoms with van der Waals surface area (Å²) >= 11 is 0. The van der Waals surface area contributed by atoms with Gasteiger partial charge in [0.1, 0.15) is 0 Å². The van der Waals surface area contributed by atoms with Crippen molar-refractivity contribution in [2.75, 3.05) is 18.6 Å². The Hall–Kier alpha value is -0.580. The van der Waals surface area contributed by atoms with Gasteiger partial charge in [-0.1, -0.05) is 12.8 Å². The molecule has 0 aliphatic heterocycles. The Balaban J connectivity index is 2.25. The van der Waals surface area contributed by atoms with Crippen LogP contribution in [0.1, 0.15) is 38.5 Å². The van der Waals surface area contributed by atoms with Crippen molar-refractivity contribution in [3.63, 3.8) is 0 Å². The van der Waals surface area contributed by atoms with Crippen molar-refractivity contribution in [3.8, 4) is 0 Å². The van der Waals surface area contributed by atoms with Crippen molar-refractivity contribution < 1.29 is 17.9 Å². The molecule has 0 saturated heterocycles. The maximum absolute atomic E-state index is 11.7. The molecule has 0 unspecified atom stereocenters. The van der Waals surface area contributed by atoms with E-state index in [1.165, 1.54) is 7.11 Å². The second-order valence-electron chi connectivity index (χ2n) is 4.44. The normalized spacial score (nSPS) is 17.6. The van der Waals surface area contributed by atoms with Gasteiger partial charge in [0, 0.05) is 6.42 Å². The van der Waals surface area contributed by atoms with Crippen LogP contribution >= 0.6 is 0 Å². The zero-order valence-corrected chi connectivity index (χ0v) is 10.6. The second kappa shape index (κ2) is 6.23. The van der Waals surface area contributed by atoms with E-state index in [0.717, 1.165) is 25.7 Å². The lowest BCUT2D eigenvalue weighted by atomic mass is 10.1. The molecule has 1 saturated carbocycles. The van der Waals surface area contributed by atoms with Crippen molar-refractivity contribution in [3.05, 3.63) is 0 Å². The second-order valence-corrected chi connectivity index (χ2v) is 6.67. The average molecular weight is 248 g/mol. The summed E-state index contributed by atoms with van der Waals surface area (Å²) in [6, 6.07) is 0. The molecule has 0 amide bonds. The summed E-state index contributed by atoms with van der Waals surface area (Å²) in [6.07, 6.45) is 4.96. The molecule has 0 atom stereocenters.